The molecule has 29 heavy (non-hydrogen) atoms. The van der Waals surface area contributed by atoms with E-state index in [4.69, 9.17) is 19.2 Å². The normalized spacial score (nSPS) is 11.3. The Morgan fingerprint density at radius 2 is 1.72 bits per heavy atom. The number of hydrogen-bond donors (Lipinski definition) is 2. The van der Waals surface area contributed by atoms with Crippen molar-refractivity contribution >= 4 is 5.96 Å². The minimum Gasteiger partial charge on any atom is -0.496 e. The van der Waals surface area contributed by atoms with Gasteiger partial charge in [0.2, 0.25) is 0 Å². The van der Waals surface area contributed by atoms with E-state index in [1.807, 2.05) is 37.3 Å². The summed E-state index contributed by atoms with van der Waals surface area (Å²) in [5, 5.41) is 6.66. The molecule has 0 aliphatic carbocycles. The molecule has 0 fully saturated rings. The standard InChI is InChI=1S/C23H33N3O3/c1-4-24-23(26-17-21-11-6-7-12-22(21)27-3)25-16-19-9-8-10-20(15-19)18-29-14-13-28-5-2/h6-12,15H,4-5,13-14,16-18H2,1-3H3,(H2,24,25,26). The van der Waals surface area contributed by atoms with Crippen molar-refractivity contribution < 1.29 is 14.2 Å². The zero-order chi connectivity index (χ0) is 20.7. The number of para-hydroxylation sites is 1. The smallest absolute Gasteiger partial charge is 0.191 e. The maximum atomic E-state index is 5.65. The summed E-state index contributed by atoms with van der Waals surface area (Å²) in [6.07, 6.45) is 0. The monoisotopic (exact) mass is 399 g/mol. The molecular formula is C23H33N3O3. The molecule has 0 amide bonds. The third-order valence-corrected chi connectivity index (χ3v) is 4.24. The lowest BCUT2D eigenvalue weighted by molar-refractivity contribution is 0.0453. The van der Waals surface area contributed by atoms with E-state index >= 15 is 0 Å². The molecule has 0 spiro atoms. The molecule has 0 aromatic heterocycles. The quantitative estimate of drug-likeness (QED) is 0.325. The topological polar surface area (TPSA) is 64.1 Å². The van der Waals surface area contributed by atoms with Crippen LogP contribution in [0.3, 0.4) is 0 Å². The minimum absolute atomic E-state index is 0.580. The first-order valence-electron chi connectivity index (χ1n) is 10.1. The minimum atomic E-state index is 0.580. The van der Waals surface area contributed by atoms with Gasteiger partial charge in [-0.15, -0.1) is 0 Å². The summed E-state index contributed by atoms with van der Waals surface area (Å²) in [6.45, 7) is 8.60. The predicted molar refractivity (Wildman–Crippen MR) is 117 cm³/mol. The molecule has 0 aliphatic rings. The number of benzene rings is 2. The van der Waals surface area contributed by atoms with Gasteiger partial charge in [0.05, 0.1) is 33.5 Å². The first-order valence-corrected chi connectivity index (χ1v) is 10.1. The van der Waals surface area contributed by atoms with E-state index in [-0.39, 0.29) is 0 Å². The van der Waals surface area contributed by atoms with Gasteiger partial charge in [-0.2, -0.15) is 0 Å². The number of nitrogens with one attached hydrogen (secondary N) is 2. The first-order chi connectivity index (χ1) is 14.3. The van der Waals surface area contributed by atoms with Crippen LogP contribution in [0.5, 0.6) is 5.75 Å². The van der Waals surface area contributed by atoms with Gasteiger partial charge in [0.25, 0.3) is 0 Å². The largest absolute Gasteiger partial charge is 0.496 e. The van der Waals surface area contributed by atoms with Gasteiger partial charge in [0.15, 0.2) is 5.96 Å². The lowest BCUT2D eigenvalue weighted by Crippen LogP contribution is -2.36. The zero-order valence-electron chi connectivity index (χ0n) is 17.7. The van der Waals surface area contributed by atoms with Crippen LogP contribution in [-0.4, -0.2) is 39.4 Å². The molecule has 2 aromatic carbocycles. The third-order valence-electron chi connectivity index (χ3n) is 4.24. The summed E-state index contributed by atoms with van der Waals surface area (Å²) < 4.78 is 16.4. The van der Waals surface area contributed by atoms with Crippen molar-refractivity contribution in [3.63, 3.8) is 0 Å². The van der Waals surface area contributed by atoms with Crippen LogP contribution in [0.2, 0.25) is 0 Å². The van der Waals surface area contributed by atoms with Gasteiger partial charge in [-0.25, -0.2) is 4.99 Å². The fourth-order valence-corrected chi connectivity index (χ4v) is 2.81. The van der Waals surface area contributed by atoms with Crippen molar-refractivity contribution in [1.29, 1.82) is 0 Å². The van der Waals surface area contributed by atoms with E-state index in [0.717, 1.165) is 41.6 Å². The lowest BCUT2D eigenvalue weighted by atomic mass is 10.1. The molecule has 6 nitrogen and oxygen atoms in total. The van der Waals surface area contributed by atoms with Crippen LogP contribution in [0.1, 0.15) is 30.5 Å². The Kier molecular flexibility index (Phi) is 10.6. The number of rotatable bonds is 12. The van der Waals surface area contributed by atoms with E-state index in [0.29, 0.717) is 32.9 Å². The molecule has 2 rings (SSSR count). The molecule has 0 unspecified atom stereocenters. The molecule has 0 radical (unpaired) electrons. The molecule has 2 N–H and O–H groups in total. The number of ether oxygens (including phenoxy) is 3. The molecule has 2 aromatic rings. The van der Waals surface area contributed by atoms with Gasteiger partial charge in [-0.3, -0.25) is 0 Å². The van der Waals surface area contributed by atoms with Gasteiger partial charge >= 0.3 is 0 Å². The molecular weight excluding hydrogens is 366 g/mol. The van der Waals surface area contributed by atoms with Gasteiger partial charge in [-0.05, 0) is 31.0 Å². The number of hydrogen-bond acceptors (Lipinski definition) is 4. The average molecular weight is 400 g/mol. The van der Waals surface area contributed by atoms with Crippen molar-refractivity contribution in [2.24, 2.45) is 4.99 Å². The third kappa shape index (κ3) is 8.54. The molecule has 0 aliphatic heterocycles. The lowest BCUT2D eigenvalue weighted by Gasteiger charge is -2.13. The van der Waals surface area contributed by atoms with Crippen molar-refractivity contribution in [2.45, 2.75) is 33.5 Å². The van der Waals surface area contributed by atoms with Crippen LogP contribution >= 0.6 is 0 Å². The fourth-order valence-electron chi connectivity index (χ4n) is 2.81. The number of guanidine groups is 1. The van der Waals surface area contributed by atoms with E-state index < -0.39 is 0 Å². The molecule has 0 heterocycles. The fraction of sp³-hybridized carbons (Fsp3) is 0.435. The van der Waals surface area contributed by atoms with Crippen molar-refractivity contribution in [3.05, 3.63) is 65.2 Å². The summed E-state index contributed by atoms with van der Waals surface area (Å²) in [5.74, 6) is 1.64. The molecule has 0 saturated carbocycles. The van der Waals surface area contributed by atoms with Crippen LogP contribution in [0.15, 0.2) is 53.5 Å². The Bertz CT molecular complexity index is 750. The summed E-state index contributed by atoms with van der Waals surface area (Å²) >= 11 is 0. The molecule has 0 bridgehead atoms. The molecule has 158 valence electrons. The van der Waals surface area contributed by atoms with Crippen molar-refractivity contribution in [2.75, 3.05) is 33.5 Å². The van der Waals surface area contributed by atoms with Crippen LogP contribution in [-0.2, 0) is 29.2 Å². The van der Waals surface area contributed by atoms with E-state index in [2.05, 4.69) is 35.8 Å². The Hall–Kier alpha value is -2.57. The second kappa shape index (κ2) is 13.6. The maximum absolute atomic E-state index is 5.65. The number of aliphatic imine (C=N–C) groups is 1. The first kappa shape index (κ1) is 22.7. The second-order valence-electron chi connectivity index (χ2n) is 6.43. The summed E-state index contributed by atoms with van der Waals surface area (Å²) in [7, 11) is 1.69. The van der Waals surface area contributed by atoms with Gasteiger partial charge in [-0.1, -0.05) is 42.5 Å². The highest BCUT2D eigenvalue weighted by Crippen LogP contribution is 2.16. The maximum Gasteiger partial charge on any atom is 0.191 e. The highest BCUT2D eigenvalue weighted by Gasteiger charge is 2.04. The van der Waals surface area contributed by atoms with Gasteiger partial charge in [0.1, 0.15) is 5.75 Å². The summed E-state index contributed by atoms with van der Waals surface area (Å²) in [5.41, 5.74) is 3.37. The van der Waals surface area contributed by atoms with Gasteiger partial charge in [0, 0.05) is 25.3 Å². The Morgan fingerprint density at radius 1 is 0.931 bits per heavy atom. The molecule has 0 saturated heterocycles. The van der Waals surface area contributed by atoms with Crippen LogP contribution < -0.4 is 15.4 Å². The summed E-state index contributed by atoms with van der Waals surface area (Å²) in [4.78, 5) is 4.71. The van der Waals surface area contributed by atoms with E-state index in [9.17, 15) is 0 Å². The van der Waals surface area contributed by atoms with Gasteiger partial charge < -0.3 is 24.8 Å². The predicted octanol–water partition coefficient (Wildman–Crippen LogP) is 3.50. The molecule has 6 heteroatoms. The second-order valence-corrected chi connectivity index (χ2v) is 6.43. The molecule has 0 atom stereocenters. The number of nitrogens with zero attached hydrogens (tertiary/aromatic N) is 1. The van der Waals surface area contributed by atoms with Crippen LogP contribution in [0, 0.1) is 0 Å². The zero-order valence-corrected chi connectivity index (χ0v) is 17.7. The van der Waals surface area contributed by atoms with Crippen molar-refractivity contribution in [3.8, 4) is 5.75 Å². The highest BCUT2D eigenvalue weighted by molar-refractivity contribution is 5.79. The van der Waals surface area contributed by atoms with E-state index in [1.165, 1.54) is 0 Å². The SMILES string of the molecule is CCNC(=NCc1cccc(COCCOCC)c1)NCc1ccccc1OC. The van der Waals surface area contributed by atoms with Crippen molar-refractivity contribution in [1.82, 2.24) is 10.6 Å². The Morgan fingerprint density at radius 3 is 2.52 bits per heavy atom. The van der Waals surface area contributed by atoms with Crippen LogP contribution in [0.25, 0.3) is 0 Å². The average Bonchev–Trinajstić information content (AvgIpc) is 2.76. The van der Waals surface area contributed by atoms with Crippen LogP contribution in [0.4, 0.5) is 0 Å². The highest BCUT2D eigenvalue weighted by atomic mass is 16.5. The summed E-state index contributed by atoms with van der Waals surface area (Å²) in [6, 6.07) is 16.3. The Labute approximate surface area is 174 Å². The number of methoxy groups -OCH3 is 1. The van der Waals surface area contributed by atoms with E-state index in [1.54, 1.807) is 7.11 Å². The Balaban J connectivity index is 1.91.